The monoisotopic (exact) mass is 841 g/mol. The summed E-state index contributed by atoms with van der Waals surface area (Å²) in [5.74, 6) is 0.557. The molecule has 16 nitrogen and oxygen atoms in total. The van der Waals surface area contributed by atoms with Gasteiger partial charge in [0.25, 0.3) is 0 Å². The summed E-state index contributed by atoms with van der Waals surface area (Å²) in [6.45, 7) is 11.1. The number of rotatable bonds is 17. The van der Waals surface area contributed by atoms with Crippen molar-refractivity contribution in [3.05, 3.63) is 155 Å². The molecule has 2 atom stereocenters. The number of halogens is 1. The van der Waals surface area contributed by atoms with Crippen molar-refractivity contribution in [1.82, 2.24) is 41.5 Å². The van der Waals surface area contributed by atoms with Crippen molar-refractivity contribution in [2.24, 2.45) is 5.73 Å². The first-order valence-corrected chi connectivity index (χ1v) is 19.4. The van der Waals surface area contributed by atoms with Crippen LogP contribution >= 0.6 is 12.4 Å². The predicted octanol–water partition coefficient (Wildman–Crippen LogP) is 4.60. The van der Waals surface area contributed by atoms with Gasteiger partial charge in [-0.2, -0.15) is 0 Å². The molecule has 0 spiro atoms. The highest BCUT2D eigenvalue weighted by molar-refractivity contribution is 5.85. The molecule has 0 aliphatic rings. The van der Waals surface area contributed by atoms with Gasteiger partial charge >= 0.3 is 17.7 Å². The lowest BCUT2D eigenvalue weighted by atomic mass is 10.1. The Hall–Kier alpha value is -6.07. The molecule has 4 aromatic carbocycles. The largest absolute Gasteiger partial charge is 0.444 e. The highest BCUT2D eigenvalue weighted by atomic mass is 35.5. The summed E-state index contributed by atoms with van der Waals surface area (Å²) < 4.78 is 17.0. The fourth-order valence-corrected chi connectivity index (χ4v) is 5.40. The van der Waals surface area contributed by atoms with E-state index < -0.39 is 29.3 Å². The van der Waals surface area contributed by atoms with Gasteiger partial charge in [-0.3, -0.25) is 4.79 Å². The van der Waals surface area contributed by atoms with Crippen LogP contribution in [-0.2, 0) is 45.3 Å². The van der Waals surface area contributed by atoms with Crippen LogP contribution in [0.4, 0.5) is 4.79 Å². The van der Waals surface area contributed by atoms with E-state index in [1.807, 2.05) is 142 Å². The van der Waals surface area contributed by atoms with E-state index in [1.165, 1.54) is 0 Å². The molecule has 0 aliphatic carbocycles. The van der Waals surface area contributed by atoms with Crippen molar-refractivity contribution in [2.45, 2.75) is 84.1 Å². The number of nitrogens with one attached hydrogen (secondary N) is 4. The molecule has 6 rings (SSSR count). The molecule has 0 saturated heterocycles. The summed E-state index contributed by atoms with van der Waals surface area (Å²) in [4.78, 5) is 28.0. The maximum Gasteiger partial charge on any atom is 0.408 e. The Labute approximate surface area is 356 Å². The minimum Gasteiger partial charge on any atom is -0.444 e. The molecule has 318 valence electrons. The first-order chi connectivity index (χ1) is 28.3. The normalized spacial score (nSPS) is 12.2. The molecular weight excluding hydrogens is 786 g/mol. The quantitative estimate of drug-likeness (QED) is 0.0809. The molecule has 0 aliphatic heterocycles. The number of amides is 2. The highest BCUT2D eigenvalue weighted by Gasteiger charge is 2.31. The number of nitrogens with zero attached hydrogens (tertiary/aromatic N) is 6. The molecule has 6 N–H and O–H groups in total. The second-order valence-corrected chi connectivity index (χ2v) is 15.4. The first-order valence-electron chi connectivity index (χ1n) is 19.4. The van der Waals surface area contributed by atoms with Gasteiger partial charge < -0.3 is 30.6 Å². The molecule has 2 amide bonds. The summed E-state index contributed by atoms with van der Waals surface area (Å²) in [6, 6.07) is 38.4. The van der Waals surface area contributed by atoms with Gasteiger partial charge in [-0.25, -0.2) is 4.79 Å². The van der Waals surface area contributed by atoms with E-state index in [9.17, 15) is 9.59 Å². The molecule has 0 saturated carbocycles. The minimum absolute atomic E-state index is 0. The Morgan fingerprint density at radius 2 is 0.983 bits per heavy atom. The zero-order valence-corrected chi connectivity index (χ0v) is 35.5. The number of carbonyl (C=O) groups is 2. The molecule has 0 unspecified atom stereocenters. The number of tetrazole rings is 2. The lowest BCUT2D eigenvalue weighted by Crippen LogP contribution is -2.51. The van der Waals surface area contributed by atoms with Crippen molar-refractivity contribution in [1.29, 1.82) is 0 Å². The zero-order chi connectivity index (χ0) is 42.1. The highest BCUT2D eigenvalue weighted by Crippen LogP contribution is 2.14. The third kappa shape index (κ3) is 16.3. The van der Waals surface area contributed by atoms with Crippen molar-refractivity contribution in [3.63, 3.8) is 0 Å². The van der Waals surface area contributed by atoms with Crippen LogP contribution in [0.15, 0.2) is 121 Å². The molecule has 60 heavy (non-hydrogen) atoms. The molecule has 0 radical (unpaired) electrons. The number of benzene rings is 4. The third-order valence-corrected chi connectivity index (χ3v) is 8.35. The number of H-pyrrole nitrogens is 2. The second-order valence-electron chi connectivity index (χ2n) is 15.4. The second kappa shape index (κ2) is 22.9. The summed E-state index contributed by atoms with van der Waals surface area (Å²) in [5.41, 5.74) is 8.56. The van der Waals surface area contributed by atoms with Crippen LogP contribution in [0.3, 0.4) is 0 Å². The van der Waals surface area contributed by atoms with Gasteiger partial charge in [0.05, 0.1) is 42.2 Å². The van der Waals surface area contributed by atoms with E-state index in [-0.39, 0.29) is 31.5 Å². The van der Waals surface area contributed by atoms with Crippen LogP contribution < -0.4 is 26.0 Å². The smallest absolute Gasteiger partial charge is 0.408 e. The lowest BCUT2D eigenvalue weighted by molar-refractivity contribution is -0.798. The SMILES string of the molecule is CC(C)(C)OC(=O)N[C@H](COCc1ccccc1)c1n[nH][n+](Cc2ccccc2)n1.CC(C)(N)C(=O)N[C@H](COCc1ccccc1)c1n[nH][n+](Cc2ccccc2)n1.Cl. The third-order valence-electron chi connectivity index (χ3n) is 8.35. The first kappa shape index (κ1) is 46.6. The maximum absolute atomic E-state index is 12.4. The van der Waals surface area contributed by atoms with E-state index in [2.05, 4.69) is 41.5 Å². The minimum atomic E-state index is -1.02. The average molecular weight is 842 g/mol. The maximum atomic E-state index is 12.4. The van der Waals surface area contributed by atoms with Gasteiger partial charge in [0.2, 0.25) is 5.91 Å². The van der Waals surface area contributed by atoms with Gasteiger partial charge in [-0.05, 0) is 77.5 Å². The molecule has 0 fully saturated rings. The number of aromatic amines is 2. The van der Waals surface area contributed by atoms with E-state index in [0.29, 0.717) is 38.0 Å². The van der Waals surface area contributed by atoms with Crippen molar-refractivity contribution < 1.29 is 33.4 Å². The Kier molecular flexibility index (Phi) is 17.8. The Bertz CT molecular complexity index is 2140. The number of alkyl carbamates (subject to hydrolysis) is 1. The van der Waals surface area contributed by atoms with Crippen LogP contribution in [0.25, 0.3) is 0 Å². The number of ether oxygens (including phenoxy) is 3. The van der Waals surface area contributed by atoms with Crippen molar-refractivity contribution in [2.75, 3.05) is 13.2 Å². The number of hydrogen-bond acceptors (Lipinski definition) is 10. The Morgan fingerprint density at radius 1 is 0.617 bits per heavy atom. The van der Waals surface area contributed by atoms with E-state index in [0.717, 1.165) is 22.3 Å². The van der Waals surface area contributed by atoms with Gasteiger partial charge in [-0.1, -0.05) is 131 Å². The van der Waals surface area contributed by atoms with E-state index in [1.54, 1.807) is 23.4 Å². The van der Waals surface area contributed by atoms with Crippen molar-refractivity contribution >= 4 is 24.4 Å². The summed E-state index contributed by atoms with van der Waals surface area (Å²) in [5, 5.41) is 28.9. The topological polar surface area (TPSA) is 203 Å². The molecular formula is C43H56ClN11O5+2. The predicted molar refractivity (Wildman–Crippen MR) is 225 cm³/mol. The Balaban J connectivity index is 0.000000260. The van der Waals surface area contributed by atoms with E-state index >= 15 is 0 Å². The van der Waals surface area contributed by atoms with Gasteiger partial charge in [0, 0.05) is 0 Å². The standard InChI is InChI=1S/C22H27N5O3.C21H26N6O2.ClH/c1-22(2,3)30-21(28)23-19(16-29-15-18-12-8-5-9-13-18)20-24-26-27(25-20)14-17-10-6-4-7-11-17;1-21(2,22)20(28)23-18(15-29-14-17-11-7-4-8-12-17)19-24-26-27(25-19)13-16-9-5-3-6-10-16;/h4-13,19H,14-16H2,1-3H3,(H,23,28);3-12,18H,13-15,22H2,1-2H3,(H,23,28);1H/p+2/t19-;18-;/m11./s1. The van der Waals surface area contributed by atoms with Gasteiger partial charge in [-0.15, -0.1) is 12.4 Å². The molecule has 17 heteroatoms. The van der Waals surface area contributed by atoms with Crippen LogP contribution in [0.5, 0.6) is 0 Å². The fourth-order valence-electron chi connectivity index (χ4n) is 5.40. The van der Waals surface area contributed by atoms with Gasteiger partial charge in [0.1, 0.15) is 17.7 Å². The molecule has 2 aromatic heterocycles. The number of aromatic nitrogens is 8. The van der Waals surface area contributed by atoms with Crippen molar-refractivity contribution in [3.8, 4) is 0 Å². The lowest BCUT2D eigenvalue weighted by Gasteiger charge is -2.21. The van der Waals surface area contributed by atoms with Crippen LogP contribution in [0.1, 0.15) is 80.6 Å². The molecule has 2 heterocycles. The number of carbonyl (C=O) groups excluding carboxylic acids is 2. The number of hydrogen-bond donors (Lipinski definition) is 5. The summed E-state index contributed by atoms with van der Waals surface area (Å²) in [7, 11) is 0. The summed E-state index contributed by atoms with van der Waals surface area (Å²) >= 11 is 0. The molecule has 6 aromatic rings. The Morgan fingerprint density at radius 3 is 1.35 bits per heavy atom. The van der Waals surface area contributed by atoms with Crippen LogP contribution in [0.2, 0.25) is 0 Å². The molecule has 0 bridgehead atoms. The van der Waals surface area contributed by atoms with Gasteiger partial charge in [0.15, 0.2) is 13.1 Å². The van der Waals surface area contributed by atoms with E-state index in [4.69, 9.17) is 19.9 Å². The van der Waals surface area contributed by atoms with Crippen LogP contribution in [-0.4, -0.2) is 67.2 Å². The fraction of sp³-hybridized carbons (Fsp3) is 0.349. The number of nitrogens with two attached hydrogens (primary N) is 1. The van der Waals surface area contributed by atoms with Crippen LogP contribution in [0, 0.1) is 0 Å². The average Bonchev–Trinajstić information content (AvgIpc) is 3.88. The zero-order valence-electron chi connectivity index (χ0n) is 34.7. The summed E-state index contributed by atoms with van der Waals surface area (Å²) in [6.07, 6.45) is -0.546.